The highest BCUT2D eigenvalue weighted by Gasteiger charge is 2.07. The Bertz CT molecular complexity index is 522. The SMILES string of the molecule is Cc1nc2cc(Cl)ccn2c1CC#N. The molecule has 0 N–H and O–H groups in total. The molecule has 0 aliphatic rings. The molecule has 0 saturated carbocycles. The second kappa shape index (κ2) is 3.32. The molecule has 0 aliphatic carbocycles. The van der Waals surface area contributed by atoms with Crippen LogP contribution in [0, 0.1) is 18.3 Å². The van der Waals surface area contributed by atoms with E-state index in [1.54, 1.807) is 12.1 Å². The van der Waals surface area contributed by atoms with Crippen LogP contribution in [0.1, 0.15) is 11.4 Å². The van der Waals surface area contributed by atoms with Gasteiger partial charge >= 0.3 is 0 Å². The summed E-state index contributed by atoms with van der Waals surface area (Å²) in [6.45, 7) is 1.90. The zero-order valence-electron chi connectivity index (χ0n) is 7.66. The molecule has 0 aliphatic heterocycles. The Labute approximate surface area is 86.6 Å². The number of imidazole rings is 1. The van der Waals surface area contributed by atoms with Crippen LogP contribution < -0.4 is 0 Å². The van der Waals surface area contributed by atoms with Gasteiger partial charge in [-0.1, -0.05) is 11.6 Å². The molecule has 0 fully saturated rings. The quantitative estimate of drug-likeness (QED) is 0.717. The van der Waals surface area contributed by atoms with Crippen molar-refractivity contribution < 1.29 is 0 Å². The van der Waals surface area contributed by atoms with E-state index in [0.29, 0.717) is 11.4 Å². The van der Waals surface area contributed by atoms with Gasteiger partial charge in [-0.25, -0.2) is 4.98 Å². The molecule has 0 atom stereocenters. The third kappa shape index (κ3) is 1.34. The van der Waals surface area contributed by atoms with Crippen molar-refractivity contribution in [2.45, 2.75) is 13.3 Å². The second-order valence-corrected chi connectivity index (χ2v) is 3.49. The number of aromatic nitrogens is 2. The molecule has 2 aromatic heterocycles. The summed E-state index contributed by atoms with van der Waals surface area (Å²) in [4.78, 5) is 4.32. The van der Waals surface area contributed by atoms with Crippen molar-refractivity contribution >= 4 is 17.2 Å². The van der Waals surface area contributed by atoms with Crippen molar-refractivity contribution in [1.82, 2.24) is 9.38 Å². The summed E-state index contributed by atoms with van der Waals surface area (Å²) in [6.07, 6.45) is 2.21. The van der Waals surface area contributed by atoms with Gasteiger partial charge in [0.25, 0.3) is 0 Å². The van der Waals surface area contributed by atoms with Gasteiger partial charge in [-0.15, -0.1) is 0 Å². The number of hydrogen-bond acceptors (Lipinski definition) is 2. The van der Waals surface area contributed by atoms with Gasteiger partial charge in [-0.3, -0.25) is 0 Å². The van der Waals surface area contributed by atoms with Gasteiger partial charge in [0.2, 0.25) is 0 Å². The Balaban J connectivity index is 2.72. The zero-order valence-corrected chi connectivity index (χ0v) is 8.41. The van der Waals surface area contributed by atoms with Crippen LogP contribution in [0.5, 0.6) is 0 Å². The van der Waals surface area contributed by atoms with Gasteiger partial charge in [0.05, 0.1) is 23.9 Å². The van der Waals surface area contributed by atoms with Crippen LogP contribution in [-0.4, -0.2) is 9.38 Å². The molecule has 0 aromatic carbocycles. The van der Waals surface area contributed by atoms with Crippen LogP contribution in [-0.2, 0) is 6.42 Å². The summed E-state index contributed by atoms with van der Waals surface area (Å²) in [7, 11) is 0. The Morgan fingerprint density at radius 2 is 2.43 bits per heavy atom. The van der Waals surface area contributed by atoms with E-state index in [9.17, 15) is 0 Å². The third-order valence-electron chi connectivity index (χ3n) is 2.13. The van der Waals surface area contributed by atoms with Crippen LogP contribution in [0.15, 0.2) is 18.3 Å². The fourth-order valence-corrected chi connectivity index (χ4v) is 1.63. The van der Waals surface area contributed by atoms with E-state index < -0.39 is 0 Å². The summed E-state index contributed by atoms with van der Waals surface area (Å²) >= 11 is 5.84. The monoisotopic (exact) mass is 205 g/mol. The zero-order chi connectivity index (χ0) is 10.1. The average Bonchev–Trinajstić information content (AvgIpc) is 2.43. The molecule has 0 bridgehead atoms. The number of hydrogen-bond donors (Lipinski definition) is 0. The van der Waals surface area contributed by atoms with Crippen LogP contribution in [0.2, 0.25) is 5.02 Å². The van der Waals surface area contributed by atoms with Crippen molar-refractivity contribution in [3.05, 3.63) is 34.7 Å². The van der Waals surface area contributed by atoms with Crippen molar-refractivity contribution in [3.8, 4) is 6.07 Å². The fraction of sp³-hybridized carbons (Fsp3) is 0.200. The first kappa shape index (κ1) is 9.04. The predicted molar refractivity (Wildman–Crippen MR) is 54.3 cm³/mol. The van der Waals surface area contributed by atoms with Crippen LogP contribution in [0.4, 0.5) is 0 Å². The first-order chi connectivity index (χ1) is 6.72. The van der Waals surface area contributed by atoms with Gasteiger partial charge in [0, 0.05) is 17.3 Å². The lowest BCUT2D eigenvalue weighted by atomic mass is 10.3. The number of nitriles is 1. The van der Waals surface area contributed by atoms with E-state index in [1.807, 2.05) is 17.5 Å². The predicted octanol–water partition coefficient (Wildman–Crippen LogP) is 2.36. The lowest BCUT2D eigenvalue weighted by molar-refractivity contribution is 1.04. The molecule has 14 heavy (non-hydrogen) atoms. The first-order valence-electron chi connectivity index (χ1n) is 4.22. The van der Waals surface area contributed by atoms with Crippen molar-refractivity contribution in [3.63, 3.8) is 0 Å². The third-order valence-corrected chi connectivity index (χ3v) is 2.37. The Hall–Kier alpha value is -1.53. The maximum absolute atomic E-state index is 8.66. The largest absolute Gasteiger partial charge is 0.303 e. The summed E-state index contributed by atoms with van der Waals surface area (Å²) in [5, 5.41) is 9.32. The highest BCUT2D eigenvalue weighted by atomic mass is 35.5. The average molecular weight is 206 g/mol. The molecular weight excluding hydrogens is 198 g/mol. The van der Waals surface area contributed by atoms with Gasteiger partial charge in [0.15, 0.2) is 0 Å². The summed E-state index contributed by atoms with van der Waals surface area (Å²) in [6, 6.07) is 5.70. The van der Waals surface area contributed by atoms with E-state index in [2.05, 4.69) is 11.1 Å². The molecular formula is C10H8ClN3. The van der Waals surface area contributed by atoms with E-state index in [0.717, 1.165) is 17.0 Å². The van der Waals surface area contributed by atoms with Crippen LogP contribution in [0.25, 0.3) is 5.65 Å². The minimum Gasteiger partial charge on any atom is -0.303 e. The minimum absolute atomic E-state index is 0.370. The highest BCUT2D eigenvalue weighted by Crippen LogP contribution is 2.16. The maximum atomic E-state index is 8.66. The standard InChI is InChI=1S/C10H8ClN3/c1-7-9(2-4-12)14-5-3-8(11)6-10(14)13-7/h3,5-6H,2H2,1H3. The Morgan fingerprint density at radius 1 is 1.64 bits per heavy atom. The molecule has 0 spiro atoms. The van der Waals surface area contributed by atoms with E-state index in [4.69, 9.17) is 16.9 Å². The van der Waals surface area contributed by atoms with Crippen molar-refractivity contribution in [2.75, 3.05) is 0 Å². The number of aryl methyl sites for hydroxylation is 1. The lowest BCUT2D eigenvalue weighted by Crippen LogP contribution is -1.92. The molecule has 70 valence electrons. The van der Waals surface area contributed by atoms with Crippen LogP contribution in [0.3, 0.4) is 0 Å². The maximum Gasteiger partial charge on any atom is 0.138 e. The first-order valence-corrected chi connectivity index (χ1v) is 4.60. The molecule has 3 nitrogen and oxygen atoms in total. The molecule has 4 heteroatoms. The van der Waals surface area contributed by atoms with Crippen LogP contribution >= 0.6 is 11.6 Å². The number of rotatable bonds is 1. The Morgan fingerprint density at radius 3 is 3.14 bits per heavy atom. The highest BCUT2D eigenvalue weighted by molar-refractivity contribution is 6.30. The second-order valence-electron chi connectivity index (χ2n) is 3.05. The summed E-state index contributed by atoms with van der Waals surface area (Å²) in [5.41, 5.74) is 2.60. The summed E-state index contributed by atoms with van der Waals surface area (Å²) < 4.78 is 1.89. The molecule has 2 heterocycles. The van der Waals surface area contributed by atoms with E-state index in [-0.39, 0.29) is 0 Å². The number of fused-ring (bicyclic) bond motifs is 1. The minimum atomic E-state index is 0.370. The van der Waals surface area contributed by atoms with Gasteiger partial charge in [-0.2, -0.15) is 5.26 Å². The topological polar surface area (TPSA) is 41.1 Å². The fourth-order valence-electron chi connectivity index (χ4n) is 1.48. The normalized spacial score (nSPS) is 10.4. The molecule has 2 aromatic rings. The summed E-state index contributed by atoms with van der Waals surface area (Å²) in [5.74, 6) is 0. The van der Waals surface area contributed by atoms with Gasteiger partial charge in [0.1, 0.15) is 5.65 Å². The van der Waals surface area contributed by atoms with Crippen molar-refractivity contribution in [2.24, 2.45) is 0 Å². The van der Waals surface area contributed by atoms with E-state index >= 15 is 0 Å². The van der Waals surface area contributed by atoms with Gasteiger partial charge in [-0.05, 0) is 13.0 Å². The molecule has 0 amide bonds. The molecule has 0 radical (unpaired) electrons. The van der Waals surface area contributed by atoms with Gasteiger partial charge < -0.3 is 4.40 Å². The van der Waals surface area contributed by atoms with E-state index in [1.165, 1.54) is 0 Å². The Kier molecular flexibility index (Phi) is 2.14. The number of pyridine rings is 1. The molecule has 2 rings (SSSR count). The number of halogens is 1. The molecule has 0 unspecified atom stereocenters. The molecule has 0 saturated heterocycles. The number of nitrogens with zero attached hydrogens (tertiary/aromatic N) is 3. The smallest absolute Gasteiger partial charge is 0.138 e. The lowest BCUT2D eigenvalue weighted by Gasteiger charge is -1.97. The van der Waals surface area contributed by atoms with Crippen molar-refractivity contribution in [1.29, 1.82) is 5.26 Å².